The molecule has 2 aliphatic rings. The maximum atomic E-state index is 13.2. The van der Waals surface area contributed by atoms with E-state index in [1.54, 1.807) is 4.68 Å². The van der Waals surface area contributed by atoms with Crippen molar-refractivity contribution in [2.75, 3.05) is 11.9 Å². The van der Waals surface area contributed by atoms with Crippen molar-refractivity contribution in [3.63, 3.8) is 0 Å². The zero-order valence-electron chi connectivity index (χ0n) is 17.3. The highest BCUT2D eigenvalue weighted by Gasteiger charge is 2.64. The molecule has 2 aromatic rings. The van der Waals surface area contributed by atoms with Crippen molar-refractivity contribution in [1.29, 1.82) is 0 Å². The van der Waals surface area contributed by atoms with Gasteiger partial charge < -0.3 is 20.0 Å². The van der Waals surface area contributed by atoms with E-state index in [1.165, 1.54) is 0 Å². The summed E-state index contributed by atoms with van der Waals surface area (Å²) >= 11 is 3.51. The van der Waals surface area contributed by atoms with Crippen LogP contribution in [-0.4, -0.2) is 51.8 Å². The first-order valence-electron chi connectivity index (χ1n) is 10.2. The molecular formula is C20H27BrN4O4Si. The van der Waals surface area contributed by atoms with Gasteiger partial charge in [0.05, 0.1) is 11.8 Å². The number of rotatable bonds is 6. The van der Waals surface area contributed by atoms with Gasteiger partial charge in [0.25, 0.3) is 5.91 Å². The average Bonchev–Trinajstić information content (AvgIpc) is 3.31. The lowest BCUT2D eigenvalue weighted by molar-refractivity contribution is -0.143. The minimum absolute atomic E-state index is 0.0287. The molecule has 0 radical (unpaired) electrons. The number of benzene rings is 1. The molecule has 1 aromatic carbocycles. The second-order valence-corrected chi connectivity index (χ2v) is 13.6. The molecule has 0 bridgehead atoms. The third-order valence-corrected chi connectivity index (χ3v) is 9.29. The first kappa shape index (κ1) is 21.6. The molecule has 1 spiro atoms. The number of amides is 1. The van der Waals surface area contributed by atoms with Crippen LogP contribution < -0.4 is 5.32 Å². The SMILES string of the molecule is C[C@H]1[C@H]([Si](C)(C)O)[C@@H](CCn2cc(CCO)nn2)O[C@]12C(=O)Nc1ccc(Br)cc12. The molecule has 1 amide bonds. The molecule has 4 atom stereocenters. The monoisotopic (exact) mass is 494 g/mol. The Morgan fingerprint density at radius 2 is 2.17 bits per heavy atom. The van der Waals surface area contributed by atoms with Gasteiger partial charge in [-0.2, -0.15) is 0 Å². The van der Waals surface area contributed by atoms with Crippen LogP contribution in [0.3, 0.4) is 0 Å². The summed E-state index contributed by atoms with van der Waals surface area (Å²) < 4.78 is 9.18. The number of aliphatic hydroxyl groups excluding tert-OH is 1. The Morgan fingerprint density at radius 1 is 1.40 bits per heavy atom. The summed E-state index contributed by atoms with van der Waals surface area (Å²) in [7, 11) is -2.65. The molecule has 0 unspecified atom stereocenters. The van der Waals surface area contributed by atoms with Gasteiger partial charge in [-0.15, -0.1) is 5.10 Å². The van der Waals surface area contributed by atoms with Gasteiger partial charge in [-0.25, -0.2) is 0 Å². The fourth-order valence-corrected chi connectivity index (χ4v) is 8.04. The first-order chi connectivity index (χ1) is 14.2. The summed E-state index contributed by atoms with van der Waals surface area (Å²) in [5, 5.41) is 20.2. The molecule has 0 saturated carbocycles. The van der Waals surface area contributed by atoms with Crippen LogP contribution in [0.4, 0.5) is 5.69 Å². The Morgan fingerprint density at radius 3 is 2.87 bits per heavy atom. The predicted molar refractivity (Wildman–Crippen MR) is 117 cm³/mol. The highest BCUT2D eigenvalue weighted by molar-refractivity contribution is 9.10. The van der Waals surface area contributed by atoms with E-state index in [0.717, 1.165) is 21.4 Å². The quantitative estimate of drug-likeness (QED) is 0.531. The van der Waals surface area contributed by atoms with Crippen molar-refractivity contribution >= 4 is 35.8 Å². The van der Waals surface area contributed by atoms with Gasteiger partial charge in [0.1, 0.15) is 0 Å². The molecule has 1 fully saturated rings. The summed E-state index contributed by atoms with van der Waals surface area (Å²) in [5.74, 6) is -0.342. The van der Waals surface area contributed by atoms with Gasteiger partial charge in [-0.1, -0.05) is 28.1 Å². The van der Waals surface area contributed by atoms with Gasteiger partial charge in [0.15, 0.2) is 13.9 Å². The highest BCUT2D eigenvalue weighted by atomic mass is 79.9. The van der Waals surface area contributed by atoms with Crippen LogP contribution in [0.5, 0.6) is 0 Å². The molecule has 3 heterocycles. The zero-order valence-corrected chi connectivity index (χ0v) is 19.9. The van der Waals surface area contributed by atoms with Crippen molar-refractivity contribution < 1.29 is 19.4 Å². The largest absolute Gasteiger partial charge is 0.432 e. The van der Waals surface area contributed by atoms with Crippen molar-refractivity contribution in [2.45, 2.75) is 56.7 Å². The molecule has 30 heavy (non-hydrogen) atoms. The zero-order chi connectivity index (χ0) is 21.7. The van der Waals surface area contributed by atoms with Gasteiger partial charge in [-0.3, -0.25) is 9.48 Å². The van der Waals surface area contributed by atoms with Crippen LogP contribution in [0.2, 0.25) is 18.6 Å². The van der Waals surface area contributed by atoms with Crippen LogP contribution >= 0.6 is 15.9 Å². The number of hydrogen-bond acceptors (Lipinski definition) is 6. The minimum atomic E-state index is -2.65. The molecule has 1 saturated heterocycles. The molecule has 3 N–H and O–H groups in total. The van der Waals surface area contributed by atoms with E-state index < -0.39 is 13.9 Å². The minimum Gasteiger partial charge on any atom is -0.432 e. The second-order valence-electron chi connectivity index (χ2n) is 8.74. The molecule has 2 aliphatic heterocycles. The van der Waals surface area contributed by atoms with Gasteiger partial charge in [0, 0.05) is 53.0 Å². The van der Waals surface area contributed by atoms with Crippen molar-refractivity contribution in [3.8, 4) is 0 Å². The normalized spacial score (nSPS) is 28.2. The molecular weight excluding hydrogens is 468 g/mol. The second kappa shape index (κ2) is 7.83. The summed E-state index contributed by atoms with van der Waals surface area (Å²) in [6, 6.07) is 5.71. The fourth-order valence-electron chi connectivity index (χ4n) is 5.08. The van der Waals surface area contributed by atoms with E-state index in [9.17, 15) is 9.59 Å². The Hall–Kier alpha value is -1.59. The predicted octanol–water partition coefficient (Wildman–Crippen LogP) is 2.42. The number of hydrogen-bond donors (Lipinski definition) is 3. The molecule has 1 aromatic heterocycles. The maximum Gasteiger partial charge on any atom is 0.261 e. The van der Waals surface area contributed by atoms with E-state index in [0.29, 0.717) is 19.4 Å². The molecule has 10 heteroatoms. The lowest BCUT2D eigenvalue weighted by atomic mass is 9.82. The van der Waals surface area contributed by atoms with Crippen LogP contribution in [0.1, 0.15) is 24.6 Å². The summed E-state index contributed by atoms with van der Waals surface area (Å²) in [6.45, 7) is 6.42. The highest BCUT2D eigenvalue weighted by Crippen LogP contribution is 2.58. The van der Waals surface area contributed by atoms with E-state index in [1.807, 2.05) is 44.4 Å². The number of aryl methyl sites for hydroxylation is 1. The lowest BCUT2D eigenvalue weighted by Crippen LogP contribution is -2.43. The van der Waals surface area contributed by atoms with Gasteiger partial charge in [-0.05, 0) is 37.7 Å². The number of ether oxygens (including phenoxy) is 1. The van der Waals surface area contributed by atoms with E-state index in [-0.39, 0.29) is 30.1 Å². The number of aliphatic hydroxyl groups is 1. The first-order valence-corrected chi connectivity index (χ1v) is 14.0. The number of aromatic nitrogens is 3. The smallest absolute Gasteiger partial charge is 0.261 e. The fraction of sp³-hybridized carbons (Fsp3) is 0.550. The van der Waals surface area contributed by atoms with Crippen molar-refractivity contribution in [3.05, 3.63) is 40.1 Å². The molecule has 4 rings (SSSR count). The van der Waals surface area contributed by atoms with Crippen LogP contribution in [0, 0.1) is 5.92 Å². The van der Waals surface area contributed by atoms with Crippen LogP contribution in [-0.2, 0) is 28.1 Å². The van der Waals surface area contributed by atoms with Crippen LogP contribution in [0.15, 0.2) is 28.9 Å². The summed E-state index contributed by atoms with van der Waals surface area (Å²) in [5.41, 5.74) is 1.10. The maximum absolute atomic E-state index is 13.2. The summed E-state index contributed by atoms with van der Waals surface area (Å²) in [6.07, 6.45) is 2.60. The number of anilines is 1. The summed E-state index contributed by atoms with van der Waals surface area (Å²) in [4.78, 5) is 24.3. The van der Waals surface area contributed by atoms with Crippen molar-refractivity contribution in [1.82, 2.24) is 15.0 Å². The van der Waals surface area contributed by atoms with Gasteiger partial charge in [0.2, 0.25) is 0 Å². The Balaban J connectivity index is 1.64. The number of carbonyl (C=O) groups excluding carboxylic acids is 1. The van der Waals surface area contributed by atoms with Gasteiger partial charge >= 0.3 is 0 Å². The molecule has 0 aliphatic carbocycles. The van der Waals surface area contributed by atoms with Crippen molar-refractivity contribution in [2.24, 2.45) is 5.92 Å². The van der Waals surface area contributed by atoms with Crippen LogP contribution in [0.25, 0.3) is 0 Å². The lowest BCUT2D eigenvalue weighted by Gasteiger charge is -2.32. The Kier molecular flexibility index (Phi) is 5.65. The standard InChI is InChI=1S/C20H27BrN4O4Si/c1-12-18(30(2,3)28)17(6-8-25-11-14(7-9-26)23-24-25)29-20(12)15-10-13(21)4-5-16(15)22-19(20)27/h4-5,10-12,17-18,26,28H,6-9H2,1-3H3,(H,22,27)/t12-,17+,18-,20+/m0/s1. The Labute approximate surface area is 184 Å². The molecule has 162 valence electrons. The third-order valence-electron chi connectivity index (χ3n) is 6.30. The Bertz CT molecular complexity index is 963. The third kappa shape index (κ3) is 3.54. The van der Waals surface area contributed by atoms with E-state index in [4.69, 9.17) is 9.84 Å². The molecule has 8 nitrogen and oxygen atoms in total. The topological polar surface area (TPSA) is 110 Å². The number of nitrogens with zero attached hydrogens (tertiary/aromatic N) is 3. The number of carbonyl (C=O) groups is 1. The average molecular weight is 495 g/mol. The van der Waals surface area contributed by atoms with E-state index >= 15 is 0 Å². The van der Waals surface area contributed by atoms with E-state index in [2.05, 4.69) is 31.6 Å². The number of halogens is 1. The number of fused-ring (bicyclic) bond motifs is 2. The number of nitrogens with one attached hydrogen (secondary N) is 1.